The first-order chi connectivity index (χ1) is 8.56. The number of nitrogens with one attached hydrogen (secondary N) is 1. The number of carbonyl (C=O) groups is 1. The van der Waals surface area contributed by atoms with E-state index in [2.05, 4.69) is 5.32 Å². The molecule has 92 valence electrons. The van der Waals surface area contributed by atoms with Crippen LogP contribution in [0, 0.1) is 12.7 Å². The fourth-order valence-electron chi connectivity index (χ4n) is 1.65. The fourth-order valence-corrected chi connectivity index (χ4v) is 1.65. The summed E-state index contributed by atoms with van der Waals surface area (Å²) < 4.78 is 13.1. The molecule has 0 aliphatic rings. The van der Waals surface area contributed by atoms with Crippen LogP contribution in [-0.4, -0.2) is 5.91 Å². The number of halogens is 1. The van der Waals surface area contributed by atoms with E-state index in [1.165, 1.54) is 12.1 Å². The molecule has 3 nitrogen and oxygen atoms in total. The van der Waals surface area contributed by atoms with E-state index in [0.29, 0.717) is 16.9 Å². The molecule has 0 saturated heterocycles. The predicted molar refractivity (Wildman–Crippen MR) is 69.9 cm³/mol. The number of amides is 1. The Hall–Kier alpha value is -2.36. The zero-order valence-corrected chi connectivity index (χ0v) is 9.91. The third-order valence-corrected chi connectivity index (χ3v) is 2.59. The van der Waals surface area contributed by atoms with Crippen LogP contribution in [0.2, 0.25) is 0 Å². The number of nitrogens with two attached hydrogens (primary N) is 1. The number of carbonyl (C=O) groups excluding carboxylic acids is 1. The van der Waals surface area contributed by atoms with Crippen LogP contribution in [0.1, 0.15) is 15.9 Å². The van der Waals surface area contributed by atoms with Gasteiger partial charge >= 0.3 is 0 Å². The van der Waals surface area contributed by atoms with Crippen LogP contribution in [0.5, 0.6) is 0 Å². The van der Waals surface area contributed by atoms with Gasteiger partial charge in [0, 0.05) is 16.9 Å². The molecular formula is C14H13FN2O. The monoisotopic (exact) mass is 244 g/mol. The third kappa shape index (κ3) is 2.66. The second kappa shape index (κ2) is 4.87. The molecule has 2 rings (SSSR count). The SMILES string of the molecule is Cc1ccc(F)cc1C(=O)Nc1cccc(N)c1. The van der Waals surface area contributed by atoms with Gasteiger partial charge in [-0.05, 0) is 42.8 Å². The van der Waals surface area contributed by atoms with Crippen LogP contribution >= 0.6 is 0 Å². The predicted octanol–water partition coefficient (Wildman–Crippen LogP) is 2.97. The van der Waals surface area contributed by atoms with E-state index in [-0.39, 0.29) is 5.91 Å². The van der Waals surface area contributed by atoms with Gasteiger partial charge in [-0.2, -0.15) is 0 Å². The van der Waals surface area contributed by atoms with Crippen molar-refractivity contribution in [2.75, 3.05) is 11.1 Å². The molecule has 0 heterocycles. The average molecular weight is 244 g/mol. The summed E-state index contributed by atoms with van der Waals surface area (Å²) in [5.74, 6) is -0.782. The van der Waals surface area contributed by atoms with E-state index in [1.807, 2.05) is 0 Å². The molecule has 0 radical (unpaired) electrons. The third-order valence-electron chi connectivity index (χ3n) is 2.59. The Morgan fingerprint density at radius 3 is 2.72 bits per heavy atom. The maximum atomic E-state index is 13.1. The Bertz CT molecular complexity index is 596. The highest BCUT2D eigenvalue weighted by Gasteiger charge is 2.10. The summed E-state index contributed by atoms with van der Waals surface area (Å²) in [5, 5.41) is 2.68. The highest BCUT2D eigenvalue weighted by Crippen LogP contribution is 2.15. The van der Waals surface area contributed by atoms with Crippen molar-refractivity contribution in [3.8, 4) is 0 Å². The molecule has 0 fully saturated rings. The molecule has 0 saturated carbocycles. The van der Waals surface area contributed by atoms with Gasteiger partial charge in [0.05, 0.1) is 0 Å². The fraction of sp³-hybridized carbons (Fsp3) is 0.0714. The largest absolute Gasteiger partial charge is 0.399 e. The second-order valence-electron chi connectivity index (χ2n) is 4.04. The first-order valence-electron chi connectivity index (χ1n) is 5.49. The van der Waals surface area contributed by atoms with Gasteiger partial charge in [-0.1, -0.05) is 12.1 Å². The van der Waals surface area contributed by atoms with Gasteiger partial charge in [0.25, 0.3) is 5.91 Å². The molecule has 1 amide bonds. The molecule has 0 atom stereocenters. The van der Waals surface area contributed by atoms with Crippen molar-refractivity contribution in [2.45, 2.75) is 6.92 Å². The molecule has 0 unspecified atom stereocenters. The van der Waals surface area contributed by atoms with Gasteiger partial charge in [-0.3, -0.25) is 4.79 Å². The smallest absolute Gasteiger partial charge is 0.256 e. The Balaban J connectivity index is 2.24. The van der Waals surface area contributed by atoms with E-state index < -0.39 is 5.82 Å². The maximum absolute atomic E-state index is 13.1. The summed E-state index contributed by atoms with van der Waals surface area (Å²) in [4.78, 5) is 12.0. The van der Waals surface area contributed by atoms with Crippen LogP contribution < -0.4 is 11.1 Å². The minimum Gasteiger partial charge on any atom is -0.399 e. The normalized spacial score (nSPS) is 10.1. The van der Waals surface area contributed by atoms with Crippen LogP contribution in [0.3, 0.4) is 0 Å². The van der Waals surface area contributed by atoms with Crippen LogP contribution in [0.4, 0.5) is 15.8 Å². The van der Waals surface area contributed by atoms with Crippen molar-refractivity contribution >= 4 is 17.3 Å². The Kier molecular flexibility index (Phi) is 3.28. The first-order valence-corrected chi connectivity index (χ1v) is 5.49. The van der Waals surface area contributed by atoms with Crippen LogP contribution in [0.25, 0.3) is 0 Å². The molecule has 18 heavy (non-hydrogen) atoms. The zero-order valence-electron chi connectivity index (χ0n) is 9.91. The van der Waals surface area contributed by atoms with E-state index in [4.69, 9.17) is 5.73 Å². The number of nitrogen functional groups attached to an aromatic ring is 1. The number of hydrogen-bond acceptors (Lipinski definition) is 2. The topological polar surface area (TPSA) is 55.1 Å². The van der Waals surface area contributed by atoms with E-state index in [0.717, 1.165) is 5.56 Å². The van der Waals surface area contributed by atoms with Crippen molar-refractivity contribution in [2.24, 2.45) is 0 Å². The second-order valence-corrected chi connectivity index (χ2v) is 4.04. The molecule has 2 aromatic carbocycles. The van der Waals surface area contributed by atoms with Crippen molar-refractivity contribution < 1.29 is 9.18 Å². The maximum Gasteiger partial charge on any atom is 0.256 e. The lowest BCUT2D eigenvalue weighted by Gasteiger charge is -2.08. The Labute approximate surface area is 104 Å². The number of benzene rings is 2. The highest BCUT2D eigenvalue weighted by molar-refractivity contribution is 6.05. The molecule has 0 aliphatic carbocycles. The van der Waals surface area contributed by atoms with Gasteiger partial charge in [0.1, 0.15) is 5.82 Å². The van der Waals surface area contributed by atoms with Crippen molar-refractivity contribution in [1.82, 2.24) is 0 Å². The molecule has 3 N–H and O–H groups in total. The lowest BCUT2D eigenvalue weighted by molar-refractivity contribution is 0.102. The summed E-state index contributed by atoms with van der Waals surface area (Å²) in [7, 11) is 0. The molecular weight excluding hydrogens is 231 g/mol. The number of aryl methyl sites for hydroxylation is 1. The summed E-state index contributed by atoms with van der Waals surface area (Å²) in [6.07, 6.45) is 0. The molecule has 0 aliphatic heterocycles. The van der Waals surface area contributed by atoms with Gasteiger partial charge in [0.2, 0.25) is 0 Å². The molecule has 4 heteroatoms. The van der Waals surface area contributed by atoms with E-state index in [1.54, 1.807) is 37.3 Å². The van der Waals surface area contributed by atoms with Gasteiger partial charge in [0.15, 0.2) is 0 Å². The first kappa shape index (κ1) is 12.1. The lowest BCUT2D eigenvalue weighted by atomic mass is 10.1. The number of anilines is 2. The number of rotatable bonds is 2. The molecule has 0 spiro atoms. The highest BCUT2D eigenvalue weighted by atomic mass is 19.1. The summed E-state index contributed by atoms with van der Waals surface area (Å²) >= 11 is 0. The standard InChI is InChI=1S/C14H13FN2O/c1-9-5-6-10(15)7-13(9)14(18)17-12-4-2-3-11(16)8-12/h2-8H,16H2,1H3,(H,17,18). The quantitative estimate of drug-likeness (QED) is 0.798. The summed E-state index contributed by atoms with van der Waals surface area (Å²) in [6, 6.07) is 11.0. The summed E-state index contributed by atoms with van der Waals surface area (Å²) in [6.45, 7) is 1.76. The van der Waals surface area contributed by atoms with Crippen LogP contribution in [0.15, 0.2) is 42.5 Å². The van der Waals surface area contributed by atoms with Gasteiger partial charge < -0.3 is 11.1 Å². The van der Waals surface area contributed by atoms with Crippen molar-refractivity contribution in [1.29, 1.82) is 0 Å². The van der Waals surface area contributed by atoms with Gasteiger partial charge in [-0.15, -0.1) is 0 Å². The molecule has 2 aromatic rings. The number of hydrogen-bond donors (Lipinski definition) is 2. The van der Waals surface area contributed by atoms with Crippen LogP contribution in [-0.2, 0) is 0 Å². The van der Waals surface area contributed by atoms with E-state index >= 15 is 0 Å². The minimum absolute atomic E-state index is 0.317. The molecule has 0 aromatic heterocycles. The Morgan fingerprint density at radius 1 is 1.22 bits per heavy atom. The lowest BCUT2D eigenvalue weighted by Crippen LogP contribution is -2.13. The molecule has 0 bridgehead atoms. The zero-order chi connectivity index (χ0) is 13.1. The van der Waals surface area contributed by atoms with E-state index in [9.17, 15) is 9.18 Å². The minimum atomic E-state index is -0.432. The Morgan fingerprint density at radius 2 is 2.00 bits per heavy atom. The van der Waals surface area contributed by atoms with Crippen molar-refractivity contribution in [3.63, 3.8) is 0 Å². The average Bonchev–Trinajstić information content (AvgIpc) is 2.32. The van der Waals surface area contributed by atoms with Gasteiger partial charge in [-0.25, -0.2) is 4.39 Å². The summed E-state index contributed by atoms with van der Waals surface area (Å²) in [5.41, 5.74) is 7.80. The van der Waals surface area contributed by atoms with Crippen molar-refractivity contribution in [3.05, 3.63) is 59.4 Å².